The number of benzene rings is 1. The highest BCUT2D eigenvalue weighted by Crippen LogP contribution is 2.15. The third kappa shape index (κ3) is 3.88. The third-order valence-corrected chi connectivity index (χ3v) is 3.73. The number of rotatable bonds is 7. The second kappa shape index (κ2) is 6.98. The van der Waals surface area contributed by atoms with Crippen molar-refractivity contribution in [2.24, 2.45) is 5.73 Å². The van der Waals surface area contributed by atoms with Gasteiger partial charge in [0.15, 0.2) is 5.16 Å². The van der Waals surface area contributed by atoms with Gasteiger partial charge in [0.05, 0.1) is 6.61 Å². The average Bonchev–Trinajstić information content (AvgIpc) is 2.84. The summed E-state index contributed by atoms with van der Waals surface area (Å²) < 4.78 is 7.16. The predicted molar refractivity (Wildman–Crippen MR) is 82.2 cm³/mol. The SMILES string of the molecule is CCn1c(SCCOc2ccc(C(=N)N)cc2)n[nH]c1=O. The third-order valence-electron chi connectivity index (χ3n) is 2.79. The van der Waals surface area contributed by atoms with Crippen LogP contribution in [0.4, 0.5) is 0 Å². The van der Waals surface area contributed by atoms with Gasteiger partial charge in [-0.15, -0.1) is 5.10 Å². The highest BCUT2D eigenvalue weighted by Gasteiger charge is 2.06. The molecular formula is C13H17N5O2S. The number of aromatic nitrogens is 3. The molecule has 0 saturated carbocycles. The first-order valence-electron chi connectivity index (χ1n) is 6.47. The van der Waals surface area contributed by atoms with E-state index in [1.54, 1.807) is 28.8 Å². The number of nitrogen functional groups attached to an aromatic ring is 1. The van der Waals surface area contributed by atoms with Crippen molar-refractivity contribution in [3.05, 3.63) is 40.3 Å². The quantitative estimate of drug-likeness (QED) is 0.306. The molecule has 0 saturated heterocycles. The molecule has 1 heterocycles. The summed E-state index contributed by atoms with van der Waals surface area (Å²) in [6.45, 7) is 2.98. The number of nitrogens with two attached hydrogens (primary N) is 1. The number of aromatic amines is 1. The van der Waals surface area contributed by atoms with Crippen LogP contribution in [-0.2, 0) is 6.54 Å². The van der Waals surface area contributed by atoms with Gasteiger partial charge < -0.3 is 10.5 Å². The molecular weight excluding hydrogens is 290 g/mol. The lowest BCUT2D eigenvalue weighted by Gasteiger charge is -2.06. The van der Waals surface area contributed by atoms with Crippen LogP contribution in [0.1, 0.15) is 12.5 Å². The van der Waals surface area contributed by atoms with Crippen LogP contribution in [-0.4, -0.2) is 33.0 Å². The maximum Gasteiger partial charge on any atom is 0.343 e. The first-order valence-corrected chi connectivity index (χ1v) is 7.45. The van der Waals surface area contributed by atoms with Crippen molar-refractivity contribution < 1.29 is 4.74 Å². The molecule has 2 rings (SSSR count). The van der Waals surface area contributed by atoms with Crippen molar-refractivity contribution in [3.63, 3.8) is 0 Å². The smallest absolute Gasteiger partial charge is 0.343 e. The zero-order chi connectivity index (χ0) is 15.2. The van der Waals surface area contributed by atoms with Gasteiger partial charge in [-0.25, -0.2) is 9.89 Å². The molecule has 2 aromatic rings. The van der Waals surface area contributed by atoms with Gasteiger partial charge in [-0.1, -0.05) is 11.8 Å². The number of nitrogens with zero attached hydrogens (tertiary/aromatic N) is 2. The first kappa shape index (κ1) is 15.2. The van der Waals surface area contributed by atoms with Crippen molar-refractivity contribution >= 4 is 17.6 Å². The summed E-state index contributed by atoms with van der Waals surface area (Å²) in [7, 11) is 0. The van der Waals surface area contributed by atoms with E-state index in [-0.39, 0.29) is 11.5 Å². The van der Waals surface area contributed by atoms with E-state index >= 15 is 0 Å². The normalized spacial score (nSPS) is 10.5. The summed E-state index contributed by atoms with van der Waals surface area (Å²) in [5.41, 5.74) is 5.85. The first-order chi connectivity index (χ1) is 10.1. The Labute approximate surface area is 126 Å². The maximum absolute atomic E-state index is 11.4. The van der Waals surface area contributed by atoms with Gasteiger partial charge in [0, 0.05) is 17.9 Å². The van der Waals surface area contributed by atoms with Crippen molar-refractivity contribution in [2.75, 3.05) is 12.4 Å². The Morgan fingerprint density at radius 1 is 1.48 bits per heavy atom. The maximum atomic E-state index is 11.4. The van der Waals surface area contributed by atoms with Crippen molar-refractivity contribution in [2.45, 2.75) is 18.6 Å². The average molecular weight is 307 g/mol. The van der Waals surface area contributed by atoms with Crippen LogP contribution in [0.15, 0.2) is 34.2 Å². The minimum absolute atomic E-state index is 0.0353. The largest absolute Gasteiger partial charge is 0.493 e. The van der Waals surface area contributed by atoms with Gasteiger partial charge in [0.25, 0.3) is 0 Å². The van der Waals surface area contributed by atoms with E-state index in [1.165, 1.54) is 11.8 Å². The van der Waals surface area contributed by atoms with Crippen LogP contribution in [0, 0.1) is 5.41 Å². The second-order valence-electron chi connectivity index (χ2n) is 4.19. The lowest BCUT2D eigenvalue weighted by atomic mass is 10.2. The minimum Gasteiger partial charge on any atom is -0.493 e. The lowest BCUT2D eigenvalue weighted by Crippen LogP contribution is -2.16. The molecule has 7 nitrogen and oxygen atoms in total. The molecule has 0 aliphatic heterocycles. The summed E-state index contributed by atoms with van der Waals surface area (Å²) in [5, 5.41) is 14.4. The Hall–Kier alpha value is -2.22. The topological polar surface area (TPSA) is 110 Å². The van der Waals surface area contributed by atoms with E-state index < -0.39 is 0 Å². The summed E-state index contributed by atoms with van der Waals surface area (Å²) in [6.07, 6.45) is 0. The van der Waals surface area contributed by atoms with Crippen LogP contribution < -0.4 is 16.2 Å². The highest BCUT2D eigenvalue weighted by atomic mass is 32.2. The standard InChI is InChI=1S/C13H17N5O2S/c1-2-18-12(19)16-17-13(18)21-8-7-20-10-5-3-9(4-6-10)11(14)15/h3-6H,2,7-8H2,1H3,(H3,14,15)(H,16,19). The highest BCUT2D eigenvalue weighted by molar-refractivity contribution is 7.99. The number of amidine groups is 1. The van der Waals surface area contributed by atoms with Crippen molar-refractivity contribution in [3.8, 4) is 5.75 Å². The van der Waals surface area contributed by atoms with E-state index in [1.807, 2.05) is 6.92 Å². The van der Waals surface area contributed by atoms with E-state index in [0.717, 1.165) is 5.75 Å². The van der Waals surface area contributed by atoms with E-state index in [9.17, 15) is 4.79 Å². The lowest BCUT2D eigenvalue weighted by molar-refractivity contribution is 0.344. The Bertz CT molecular complexity index is 662. The summed E-state index contributed by atoms with van der Waals surface area (Å²) >= 11 is 1.46. The fourth-order valence-electron chi connectivity index (χ4n) is 1.72. The molecule has 0 bridgehead atoms. The van der Waals surface area contributed by atoms with Crippen molar-refractivity contribution in [1.29, 1.82) is 5.41 Å². The fraction of sp³-hybridized carbons (Fsp3) is 0.308. The molecule has 0 unspecified atom stereocenters. The van der Waals surface area contributed by atoms with Crippen LogP contribution >= 0.6 is 11.8 Å². The Morgan fingerprint density at radius 2 is 2.19 bits per heavy atom. The Kier molecular flexibility index (Phi) is 5.04. The molecule has 8 heteroatoms. The number of thioether (sulfide) groups is 1. The number of ether oxygens (including phenoxy) is 1. The van der Waals surface area contributed by atoms with Crippen LogP contribution in [0.3, 0.4) is 0 Å². The molecule has 0 aliphatic carbocycles. The van der Waals surface area contributed by atoms with Gasteiger partial charge in [-0.05, 0) is 31.2 Å². The monoisotopic (exact) mass is 307 g/mol. The number of hydrogen-bond acceptors (Lipinski definition) is 5. The van der Waals surface area contributed by atoms with E-state index in [0.29, 0.717) is 29.6 Å². The molecule has 21 heavy (non-hydrogen) atoms. The second-order valence-corrected chi connectivity index (χ2v) is 5.25. The summed E-state index contributed by atoms with van der Waals surface area (Å²) in [6, 6.07) is 7.04. The Balaban J connectivity index is 1.81. The van der Waals surface area contributed by atoms with Crippen LogP contribution in [0.2, 0.25) is 0 Å². The molecule has 0 amide bonds. The summed E-state index contributed by atoms with van der Waals surface area (Å²) in [5.74, 6) is 1.43. The molecule has 0 atom stereocenters. The molecule has 1 aromatic carbocycles. The van der Waals surface area contributed by atoms with E-state index in [2.05, 4.69) is 10.2 Å². The fourth-order valence-corrected chi connectivity index (χ4v) is 2.54. The number of nitrogens with one attached hydrogen (secondary N) is 2. The molecule has 0 aliphatic rings. The minimum atomic E-state index is -0.194. The Morgan fingerprint density at radius 3 is 2.81 bits per heavy atom. The van der Waals surface area contributed by atoms with Gasteiger partial charge in [0.2, 0.25) is 0 Å². The molecule has 0 radical (unpaired) electrons. The molecule has 112 valence electrons. The van der Waals surface area contributed by atoms with Crippen molar-refractivity contribution in [1.82, 2.24) is 14.8 Å². The molecule has 4 N–H and O–H groups in total. The zero-order valence-electron chi connectivity index (χ0n) is 11.6. The zero-order valence-corrected chi connectivity index (χ0v) is 12.4. The molecule has 0 spiro atoms. The van der Waals surface area contributed by atoms with Gasteiger partial charge in [-0.3, -0.25) is 9.98 Å². The van der Waals surface area contributed by atoms with Gasteiger partial charge in [-0.2, -0.15) is 0 Å². The van der Waals surface area contributed by atoms with Gasteiger partial charge >= 0.3 is 5.69 Å². The van der Waals surface area contributed by atoms with Gasteiger partial charge in [0.1, 0.15) is 11.6 Å². The summed E-state index contributed by atoms with van der Waals surface area (Å²) in [4.78, 5) is 11.4. The number of hydrogen-bond donors (Lipinski definition) is 3. The number of H-pyrrole nitrogens is 1. The molecule has 0 fully saturated rings. The van der Waals surface area contributed by atoms with Crippen LogP contribution in [0.25, 0.3) is 0 Å². The van der Waals surface area contributed by atoms with E-state index in [4.69, 9.17) is 15.9 Å². The van der Waals surface area contributed by atoms with Crippen LogP contribution in [0.5, 0.6) is 5.75 Å². The predicted octanol–water partition coefficient (Wildman–Crippen LogP) is 1.05. The molecule has 1 aromatic heterocycles.